The number of benzene rings is 3. The lowest BCUT2D eigenvalue weighted by atomic mass is 10.1. The molecule has 0 bridgehead atoms. The average molecular weight is 469 g/mol. The third kappa shape index (κ3) is 5.01. The predicted molar refractivity (Wildman–Crippen MR) is 132 cm³/mol. The molecule has 176 valence electrons. The lowest BCUT2D eigenvalue weighted by molar-refractivity contribution is 0.0954. The number of nitrogens with one attached hydrogen (secondary N) is 1. The average Bonchev–Trinajstić information content (AvgIpc) is 3.55. The van der Waals surface area contributed by atoms with E-state index < -0.39 is 0 Å². The summed E-state index contributed by atoms with van der Waals surface area (Å²) in [6, 6.07) is 22.6. The third-order valence-corrected chi connectivity index (χ3v) is 5.37. The Bertz CT molecular complexity index is 1350. The molecule has 0 radical (unpaired) electrons. The fourth-order valence-corrected chi connectivity index (χ4v) is 3.61. The van der Waals surface area contributed by atoms with Gasteiger partial charge in [0.05, 0.1) is 18.5 Å². The second-order valence-electron chi connectivity index (χ2n) is 7.85. The van der Waals surface area contributed by atoms with E-state index in [0.717, 1.165) is 34.7 Å². The fraction of sp³-hybridized carbons (Fsp3) is 0.148. The van der Waals surface area contributed by atoms with E-state index in [1.165, 1.54) is 0 Å². The Balaban J connectivity index is 1.39. The van der Waals surface area contributed by atoms with Crippen LogP contribution in [0.4, 0.5) is 0 Å². The lowest BCUT2D eigenvalue weighted by Crippen LogP contribution is -2.17. The Kier molecular flexibility index (Phi) is 6.43. The van der Waals surface area contributed by atoms with E-state index in [-0.39, 0.29) is 12.7 Å². The fourth-order valence-electron chi connectivity index (χ4n) is 3.61. The molecule has 0 unspecified atom stereocenters. The smallest absolute Gasteiger partial charge is 0.271 e. The zero-order chi connectivity index (χ0) is 24.0. The van der Waals surface area contributed by atoms with E-state index in [0.29, 0.717) is 23.7 Å². The summed E-state index contributed by atoms with van der Waals surface area (Å²) in [7, 11) is 0. The molecule has 0 atom stereocenters. The van der Waals surface area contributed by atoms with Gasteiger partial charge in [-0.25, -0.2) is 10.1 Å². The van der Waals surface area contributed by atoms with Gasteiger partial charge < -0.3 is 14.2 Å². The molecule has 1 amide bonds. The van der Waals surface area contributed by atoms with Crippen LogP contribution in [0.5, 0.6) is 17.2 Å². The molecule has 1 aliphatic rings. The number of carbonyl (C=O) groups excluding carboxylic acids is 1. The minimum Gasteiger partial charge on any atom is -0.494 e. The Morgan fingerprint density at radius 2 is 1.89 bits per heavy atom. The van der Waals surface area contributed by atoms with Crippen molar-refractivity contribution in [1.82, 2.24) is 15.2 Å². The van der Waals surface area contributed by atoms with Gasteiger partial charge in [0, 0.05) is 22.9 Å². The standard InChI is InChI=1S/C27H24N4O4/c1-2-14-33-23-11-8-19(9-12-23)26-21(17-31(30-26)22-6-4-3-5-7-22)16-28-29-27(32)20-10-13-24-25(15-20)35-18-34-24/h3-13,15-17H,2,14,18H2,1H3,(H,29,32)/b28-16-. The summed E-state index contributed by atoms with van der Waals surface area (Å²) < 4.78 is 18.1. The monoisotopic (exact) mass is 468 g/mol. The van der Waals surface area contributed by atoms with Gasteiger partial charge in [0.25, 0.3) is 5.91 Å². The maximum atomic E-state index is 12.6. The van der Waals surface area contributed by atoms with Crippen LogP contribution in [0.25, 0.3) is 16.9 Å². The molecule has 5 rings (SSSR count). The zero-order valence-corrected chi connectivity index (χ0v) is 19.2. The van der Waals surface area contributed by atoms with Gasteiger partial charge in [-0.2, -0.15) is 10.2 Å². The van der Waals surface area contributed by atoms with Gasteiger partial charge in [-0.3, -0.25) is 4.79 Å². The van der Waals surface area contributed by atoms with E-state index in [9.17, 15) is 4.79 Å². The van der Waals surface area contributed by atoms with Crippen molar-refractivity contribution in [1.29, 1.82) is 0 Å². The number of hydrogen-bond donors (Lipinski definition) is 1. The van der Waals surface area contributed by atoms with Crippen molar-refractivity contribution < 1.29 is 19.0 Å². The largest absolute Gasteiger partial charge is 0.494 e. The van der Waals surface area contributed by atoms with Crippen LogP contribution in [-0.2, 0) is 0 Å². The van der Waals surface area contributed by atoms with Gasteiger partial charge in [-0.05, 0) is 61.0 Å². The number of nitrogens with zero attached hydrogens (tertiary/aromatic N) is 3. The minimum absolute atomic E-state index is 0.151. The summed E-state index contributed by atoms with van der Waals surface area (Å²) in [6.07, 6.45) is 4.42. The first-order valence-corrected chi connectivity index (χ1v) is 11.3. The summed E-state index contributed by atoms with van der Waals surface area (Å²) in [4.78, 5) is 12.6. The first-order chi connectivity index (χ1) is 17.2. The van der Waals surface area contributed by atoms with Crippen LogP contribution in [-0.4, -0.2) is 35.3 Å². The van der Waals surface area contributed by atoms with Crippen molar-refractivity contribution in [3.63, 3.8) is 0 Å². The number of fused-ring (bicyclic) bond motifs is 1. The third-order valence-electron chi connectivity index (χ3n) is 5.37. The van der Waals surface area contributed by atoms with Crippen molar-refractivity contribution in [3.05, 3.63) is 90.1 Å². The van der Waals surface area contributed by atoms with Crippen LogP contribution >= 0.6 is 0 Å². The molecule has 0 saturated carbocycles. The maximum Gasteiger partial charge on any atom is 0.271 e. The predicted octanol–water partition coefficient (Wildman–Crippen LogP) is 4.82. The molecule has 0 aliphatic carbocycles. The molecule has 8 heteroatoms. The highest BCUT2D eigenvalue weighted by Gasteiger charge is 2.16. The summed E-state index contributed by atoms with van der Waals surface area (Å²) in [6.45, 7) is 2.89. The Labute approximate surface area is 202 Å². The van der Waals surface area contributed by atoms with Crippen molar-refractivity contribution >= 4 is 12.1 Å². The van der Waals surface area contributed by atoms with Gasteiger partial charge in [0.15, 0.2) is 11.5 Å². The normalized spacial score (nSPS) is 12.1. The van der Waals surface area contributed by atoms with Crippen LogP contribution in [0.1, 0.15) is 29.3 Å². The molecule has 0 saturated heterocycles. The number of rotatable bonds is 8. The van der Waals surface area contributed by atoms with Crippen molar-refractivity contribution in [3.8, 4) is 34.2 Å². The van der Waals surface area contributed by atoms with Crippen LogP contribution in [0, 0.1) is 0 Å². The molecule has 8 nitrogen and oxygen atoms in total. The topological polar surface area (TPSA) is 87.0 Å². The van der Waals surface area contributed by atoms with Crippen LogP contribution in [0.15, 0.2) is 84.1 Å². The van der Waals surface area contributed by atoms with Crippen molar-refractivity contribution in [2.45, 2.75) is 13.3 Å². The Morgan fingerprint density at radius 3 is 2.69 bits per heavy atom. The number of hydrogen-bond acceptors (Lipinski definition) is 6. The van der Waals surface area contributed by atoms with Crippen LogP contribution < -0.4 is 19.6 Å². The van der Waals surface area contributed by atoms with Gasteiger partial charge in [0.1, 0.15) is 11.4 Å². The molecular formula is C27H24N4O4. The number of para-hydroxylation sites is 1. The Morgan fingerprint density at radius 1 is 1.09 bits per heavy atom. The molecule has 0 fully saturated rings. The number of aromatic nitrogens is 2. The molecular weight excluding hydrogens is 444 g/mol. The summed E-state index contributed by atoms with van der Waals surface area (Å²) >= 11 is 0. The van der Waals surface area contributed by atoms with E-state index in [4.69, 9.17) is 19.3 Å². The number of carbonyl (C=O) groups is 1. The number of amides is 1. The van der Waals surface area contributed by atoms with Crippen molar-refractivity contribution in [2.24, 2.45) is 5.10 Å². The van der Waals surface area contributed by atoms with Gasteiger partial charge in [0.2, 0.25) is 6.79 Å². The van der Waals surface area contributed by atoms with Crippen molar-refractivity contribution in [2.75, 3.05) is 13.4 Å². The molecule has 0 spiro atoms. The van der Waals surface area contributed by atoms with Crippen LogP contribution in [0.2, 0.25) is 0 Å². The van der Waals surface area contributed by atoms with Gasteiger partial charge >= 0.3 is 0 Å². The molecule has 1 aromatic heterocycles. The first kappa shape index (κ1) is 22.2. The molecule has 3 aromatic carbocycles. The van der Waals surface area contributed by atoms with Gasteiger partial charge in [-0.1, -0.05) is 25.1 Å². The first-order valence-electron chi connectivity index (χ1n) is 11.3. The minimum atomic E-state index is -0.353. The van der Waals surface area contributed by atoms with E-state index in [1.54, 1.807) is 29.1 Å². The Hall–Kier alpha value is -4.59. The number of ether oxygens (including phenoxy) is 3. The summed E-state index contributed by atoms with van der Waals surface area (Å²) in [5.41, 5.74) is 6.31. The highest BCUT2D eigenvalue weighted by atomic mass is 16.7. The summed E-state index contributed by atoms with van der Waals surface area (Å²) in [5, 5.41) is 8.97. The van der Waals surface area contributed by atoms with E-state index in [1.807, 2.05) is 60.8 Å². The highest BCUT2D eigenvalue weighted by molar-refractivity contribution is 5.96. The van der Waals surface area contributed by atoms with E-state index in [2.05, 4.69) is 17.5 Å². The van der Waals surface area contributed by atoms with E-state index >= 15 is 0 Å². The quantitative estimate of drug-likeness (QED) is 0.296. The molecule has 1 N–H and O–H groups in total. The van der Waals surface area contributed by atoms with Gasteiger partial charge in [-0.15, -0.1) is 0 Å². The zero-order valence-electron chi connectivity index (χ0n) is 19.2. The molecule has 2 heterocycles. The van der Waals surface area contributed by atoms with Crippen LogP contribution in [0.3, 0.4) is 0 Å². The second-order valence-corrected chi connectivity index (χ2v) is 7.85. The highest BCUT2D eigenvalue weighted by Crippen LogP contribution is 2.32. The molecule has 35 heavy (non-hydrogen) atoms. The SMILES string of the molecule is CCCOc1ccc(-c2nn(-c3ccccc3)cc2/C=N\NC(=O)c2ccc3c(c2)OCO3)cc1. The second kappa shape index (κ2) is 10.1. The maximum absolute atomic E-state index is 12.6. The molecule has 4 aromatic rings. The molecule has 1 aliphatic heterocycles. The summed E-state index contributed by atoms with van der Waals surface area (Å²) in [5.74, 6) is 1.62. The number of hydrazone groups is 1. The lowest BCUT2D eigenvalue weighted by Gasteiger charge is -2.05.